The number of rotatable bonds is 2. The van der Waals surface area contributed by atoms with Gasteiger partial charge in [0, 0.05) is 49.7 Å². The van der Waals surface area contributed by atoms with E-state index in [-0.39, 0.29) is 11.9 Å². The zero-order valence-corrected chi connectivity index (χ0v) is 13.2. The Labute approximate surface area is 131 Å². The Kier molecular flexibility index (Phi) is 4.03. The van der Waals surface area contributed by atoms with Crippen LogP contribution in [0.25, 0.3) is 0 Å². The standard InChI is InChI=1S/C14H16BrN5O/c1-19-6-5-17-13(19)12-9-16-4-7-20(12)14(21)11-3-2-10(15)8-18-11/h2-3,5-6,8,12,16H,4,7,9H2,1H3. The first-order valence-electron chi connectivity index (χ1n) is 6.77. The minimum absolute atomic E-state index is 0.0583. The second-order valence-electron chi connectivity index (χ2n) is 4.98. The number of carbonyl (C=O) groups is 1. The summed E-state index contributed by atoms with van der Waals surface area (Å²) in [7, 11) is 1.94. The summed E-state index contributed by atoms with van der Waals surface area (Å²) in [5, 5.41) is 3.32. The van der Waals surface area contributed by atoms with Crippen LogP contribution in [-0.2, 0) is 7.05 Å². The van der Waals surface area contributed by atoms with Crippen LogP contribution < -0.4 is 5.32 Å². The number of carbonyl (C=O) groups excluding carboxylic acids is 1. The summed E-state index contributed by atoms with van der Waals surface area (Å²) in [6, 6.07) is 3.50. The molecule has 1 unspecified atom stereocenters. The Morgan fingerprint density at radius 2 is 2.29 bits per heavy atom. The first kappa shape index (κ1) is 14.2. The quantitative estimate of drug-likeness (QED) is 0.889. The van der Waals surface area contributed by atoms with Crippen molar-refractivity contribution in [2.24, 2.45) is 7.05 Å². The summed E-state index contributed by atoms with van der Waals surface area (Å²) in [6.07, 6.45) is 5.29. The van der Waals surface area contributed by atoms with E-state index in [1.54, 1.807) is 18.5 Å². The number of aromatic nitrogens is 3. The van der Waals surface area contributed by atoms with E-state index in [1.165, 1.54) is 0 Å². The van der Waals surface area contributed by atoms with Crippen LogP contribution in [0.3, 0.4) is 0 Å². The van der Waals surface area contributed by atoms with Gasteiger partial charge in [0.2, 0.25) is 0 Å². The van der Waals surface area contributed by atoms with Crippen LogP contribution in [0.2, 0.25) is 0 Å². The van der Waals surface area contributed by atoms with E-state index in [0.717, 1.165) is 16.8 Å². The molecule has 0 aliphatic carbocycles. The molecule has 1 saturated heterocycles. The molecule has 0 aromatic carbocycles. The Morgan fingerprint density at radius 3 is 2.95 bits per heavy atom. The molecule has 2 aromatic rings. The van der Waals surface area contributed by atoms with Crippen molar-refractivity contribution in [3.05, 3.63) is 46.7 Å². The minimum atomic E-state index is -0.0725. The van der Waals surface area contributed by atoms with Crippen molar-refractivity contribution in [1.82, 2.24) is 24.8 Å². The number of imidazole rings is 1. The summed E-state index contributed by atoms with van der Waals surface area (Å²) >= 11 is 3.33. The van der Waals surface area contributed by atoms with Crippen molar-refractivity contribution >= 4 is 21.8 Å². The van der Waals surface area contributed by atoms with Gasteiger partial charge in [0.15, 0.2) is 0 Å². The van der Waals surface area contributed by atoms with Crippen LogP contribution in [0.5, 0.6) is 0 Å². The van der Waals surface area contributed by atoms with Gasteiger partial charge in [-0.1, -0.05) is 0 Å². The monoisotopic (exact) mass is 349 g/mol. The van der Waals surface area contributed by atoms with E-state index in [2.05, 4.69) is 31.2 Å². The molecule has 1 atom stereocenters. The predicted molar refractivity (Wildman–Crippen MR) is 81.8 cm³/mol. The molecule has 0 spiro atoms. The largest absolute Gasteiger partial charge is 0.336 e. The summed E-state index contributed by atoms with van der Waals surface area (Å²) in [4.78, 5) is 23.1. The van der Waals surface area contributed by atoms with Crippen LogP contribution in [0.1, 0.15) is 22.4 Å². The molecule has 6 nitrogen and oxygen atoms in total. The Hall–Kier alpha value is -1.73. The molecule has 0 radical (unpaired) electrons. The number of nitrogens with one attached hydrogen (secondary N) is 1. The van der Waals surface area contributed by atoms with Gasteiger partial charge in [0.1, 0.15) is 17.6 Å². The third-order valence-electron chi connectivity index (χ3n) is 3.61. The molecule has 1 fully saturated rings. The fourth-order valence-corrected chi connectivity index (χ4v) is 2.76. The minimum Gasteiger partial charge on any atom is -0.336 e. The molecule has 3 rings (SSSR count). The molecule has 1 amide bonds. The lowest BCUT2D eigenvalue weighted by Gasteiger charge is -2.35. The summed E-state index contributed by atoms with van der Waals surface area (Å²) in [5.41, 5.74) is 0.458. The number of aryl methyl sites for hydroxylation is 1. The maximum Gasteiger partial charge on any atom is 0.273 e. The van der Waals surface area contributed by atoms with Gasteiger partial charge in [0.25, 0.3) is 5.91 Å². The molecule has 1 aliphatic heterocycles. The molecule has 2 aromatic heterocycles. The van der Waals surface area contributed by atoms with E-state index < -0.39 is 0 Å². The number of halogens is 1. The maximum atomic E-state index is 12.7. The van der Waals surface area contributed by atoms with E-state index in [1.807, 2.05) is 28.8 Å². The van der Waals surface area contributed by atoms with Gasteiger partial charge in [0.05, 0.1) is 0 Å². The predicted octanol–water partition coefficient (Wildman–Crippen LogP) is 1.36. The summed E-state index contributed by atoms with van der Waals surface area (Å²) in [5.74, 6) is 0.824. The lowest BCUT2D eigenvalue weighted by atomic mass is 10.1. The van der Waals surface area contributed by atoms with Gasteiger partial charge < -0.3 is 14.8 Å². The summed E-state index contributed by atoms with van der Waals surface area (Å²) in [6.45, 7) is 2.13. The molecular weight excluding hydrogens is 334 g/mol. The second-order valence-corrected chi connectivity index (χ2v) is 5.89. The molecule has 7 heteroatoms. The van der Waals surface area contributed by atoms with Gasteiger partial charge in [-0.2, -0.15) is 0 Å². The van der Waals surface area contributed by atoms with Crippen molar-refractivity contribution in [3.63, 3.8) is 0 Å². The van der Waals surface area contributed by atoms with Crippen molar-refractivity contribution in [1.29, 1.82) is 0 Å². The fourth-order valence-electron chi connectivity index (χ4n) is 2.53. The fraction of sp³-hybridized carbons (Fsp3) is 0.357. The third-order valence-corrected chi connectivity index (χ3v) is 4.08. The highest BCUT2D eigenvalue weighted by molar-refractivity contribution is 9.10. The maximum absolute atomic E-state index is 12.7. The van der Waals surface area contributed by atoms with Crippen LogP contribution in [0.4, 0.5) is 0 Å². The number of hydrogen-bond acceptors (Lipinski definition) is 4. The van der Waals surface area contributed by atoms with Gasteiger partial charge in [-0.05, 0) is 28.1 Å². The molecule has 0 bridgehead atoms. The SMILES string of the molecule is Cn1ccnc1C1CNCCN1C(=O)c1ccc(Br)cn1. The van der Waals surface area contributed by atoms with Gasteiger partial charge in [-0.15, -0.1) is 0 Å². The molecule has 3 heterocycles. The number of hydrogen-bond donors (Lipinski definition) is 1. The lowest BCUT2D eigenvalue weighted by molar-refractivity contribution is 0.0614. The van der Waals surface area contributed by atoms with Crippen LogP contribution >= 0.6 is 15.9 Å². The zero-order valence-electron chi connectivity index (χ0n) is 11.7. The van der Waals surface area contributed by atoms with Gasteiger partial charge in [-0.3, -0.25) is 4.79 Å². The average molecular weight is 350 g/mol. The zero-order chi connectivity index (χ0) is 14.8. The van der Waals surface area contributed by atoms with E-state index in [0.29, 0.717) is 18.8 Å². The van der Waals surface area contributed by atoms with Crippen LogP contribution in [0, 0.1) is 0 Å². The number of amides is 1. The molecule has 110 valence electrons. The van der Waals surface area contributed by atoms with E-state index in [9.17, 15) is 4.79 Å². The Balaban J connectivity index is 1.89. The molecule has 0 saturated carbocycles. The molecular formula is C14H16BrN5O. The average Bonchev–Trinajstić information content (AvgIpc) is 2.93. The number of piperazine rings is 1. The van der Waals surface area contributed by atoms with Crippen molar-refractivity contribution < 1.29 is 4.79 Å². The van der Waals surface area contributed by atoms with E-state index in [4.69, 9.17) is 0 Å². The van der Waals surface area contributed by atoms with Crippen molar-refractivity contribution in [2.75, 3.05) is 19.6 Å². The van der Waals surface area contributed by atoms with Crippen molar-refractivity contribution in [2.45, 2.75) is 6.04 Å². The van der Waals surface area contributed by atoms with Crippen LogP contribution in [-0.4, -0.2) is 45.0 Å². The molecule has 21 heavy (non-hydrogen) atoms. The van der Waals surface area contributed by atoms with Crippen molar-refractivity contribution in [3.8, 4) is 0 Å². The Bertz CT molecular complexity index is 639. The highest BCUT2D eigenvalue weighted by Gasteiger charge is 2.31. The number of nitrogens with zero attached hydrogens (tertiary/aromatic N) is 4. The lowest BCUT2D eigenvalue weighted by Crippen LogP contribution is -2.49. The summed E-state index contributed by atoms with van der Waals surface area (Å²) < 4.78 is 2.81. The Morgan fingerprint density at radius 1 is 1.43 bits per heavy atom. The topological polar surface area (TPSA) is 63.1 Å². The molecule has 1 aliphatic rings. The smallest absolute Gasteiger partial charge is 0.273 e. The normalized spacial score (nSPS) is 18.8. The first-order valence-corrected chi connectivity index (χ1v) is 7.56. The highest BCUT2D eigenvalue weighted by Crippen LogP contribution is 2.22. The van der Waals surface area contributed by atoms with Gasteiger partial charge >= 0.3 is 0 Å². The van der Waals surface area contributed by atoms with Gasteiger partial charge in [-0.25, -0.2) is 9.97 Å². The number of pyridine rings is 1. The third kappa shape index (κ3) is 2.84. The van der Waals surface area contributed by atoms with E-state index >= 15 is 0 Å². The first-order chi connectivity index (χ1) is 10.2. The molecule has 1 N–H and O–H groups in total. The highest BCUT2D eigenvalue weighted by atomic mass is 79.9. The second kappa shape index (κ2) is 5.95. The van der Waals surface area contributed by atoms with Crippen LogP contribution in [0.15, 0.2) is 35.2 Å².